The van der Waals surface area contributed by atoms with Crippen molar-refractivity contribution in [3.8, 4) is 0 Å². The molecule has 0 radical (unpaired) electrons. The van der Waals surface area contributed by atoms with Gasteiger partial charge in [-0.15, -0.1) is 0 Å². The van der Waals surface area contributed by atoms with Gasteiger partial charge in [0, 0.05) is 26.3 Å². The molecule has 1 aliphatic rings. The number of rotatable bonds is 5. The Hall–Kier alpha value is -1.85. The van der Waals surface area contributed by atoms with Gasteiger partial charge in [0.05, 0.1) is 18.6 Å². The average Bonchev–Trinajstić information content (AvgIpc) is 2.44. The normalized spacial score (nSPS) is 22.4. The van der Waals surface area contributed by atoms with Crippen LogP contribution >= 0.6 is 0 Å². The van der Waals surface area contributed by atoms with Gasteiger partial charge in [-0.3, -0.25) is 14.4 Å². The highest BCUT2D eigenvalue weighted by atomic mass is 16.5. The highest BCUT2D eigenvalue weighted by Crippen LogP contribution is 2.25. The van der Waals surface area contributed by atoms with E-state index in [1.807, 2.05) is 0 Å². The van der Waals surface area contributed by atoms with Gasteiger partial charge < -0.3 is 15.0 Å². The average molecular weight is 296 g/mol. The lowest BCUT2D eigenvalue weighted by molar-refractivity contribution is -0.146. The molecule has 118 valence electrons. The van der Waals surface area contributed by atoms with E-state index >= 15 is 0 Å². The second kappa shape index (κ2) is 7.81. The number of carbonyl (C=O) groups excluding carboxylic acids is 3. The Morgan fingerprint density at radius 1 is 1.14 bits per heavy atom. The fourth-order valence-electron chi connectivity index (χ4n) is 2.47. The van der Waals surface area contributed by atoms with Gasteiger partial charge in [0.25, 0.3) is 5.91 Å². The van der Waals surface area contributed by atoms with E-state index in [-0.39, 0.29) is 35.2 Å². The summed E-state index contributed by atoms with van der Waals surface area (Å²) >= 11 is 0. The lowest BCUT2D eigenvalue weighted by Gasteiger charge is -2.27. The Balaban J connectivity index is 2.57. The predicted octanol–water partition coefficient (Wildman–Crippen LogP) is 0.869. The number of hydrogen-bond acceptors (Lipinski definition) is 5. The molecule has 0 aliphatic heterocycles. The van der Waals surface area contributed by atoms with Crippen LogP contribution in [0.5, 0.6) is 0 Å². The summed E-state index contributed by atoms with van der Waals surface area (Å²) < 4.78 is 4.73. The minimum absolute atomic E-state index is 0.00307. The van der Waals surface area contributed by atoms with Crippen molar-refractivity contribution in [1.29, 1.82) is 0 Å². The van der Waals surface area contributed by atoms with E-state index in [9.17, 15) is 14.4 Å². The third-order valence-electron chi connectivity index (χ3n) is 3.61. The number of ether oxygens (including phenoxy) is 1. The number of methoxy groups -OCH3 is 1. The molecule has 1 N–H and O–H groups in total. The number of nitrogens with one attached hydrogen (secondary N) is 1. The van der Waals surface area contributed by atoms with Crippen LogP contribution in [0.15, 0.2) is 11.8 Å². The summed E-state index contributed by atoms with van der Waals surface area (Å²) in [5.41, 5.74) is 0.148. The lowest BCUT2D eigenvalue weighted by atomic mass is 9.86. The van der Waals surface area contributed by atoms with E-state index in [1.54, 1.807) is 19.0 Å². The molecule has 0 aromatic rings. The number of esters is 1. The SMILES string of the molecule is COC(=O)C1CCC(NC(=O)/C(=C/N(C)C)C(C)=O)CC1. The fourth-order valence-corrected chi connectivity index (χ4v) is 2.47. The zero-order valence-corrected chi connectivity index (χ0v) is 13.1. The van der Waals surface area contributed by atoms with E-state index in [0.29, 0.717) is 12.8 Å². The van der Waals surface area contributed by atoms with Crippen LogP contribution in [0, 0.1) is 5.92 Å². The summed E-state index contributed by atoms with van der Waals surface area (Å²) in [6, 6.07) is 0.00307. The minimum Gasteiger partial charge on any atom is -0.469 e. The minimum atomic E-state index is -0.349. The molecular formula is C15H24N2O4. The molecule has 1 rings (SSSR count). The maximum Gasteiger partial charge on any atom is 0.308 e. The summed E-state index contributed by atoms with van der Waals surface area (Å²) in [6.45, 7) is 1.38. The summed E-state index contributed by atoms with van der Waals surface area (Å²) in [7, 11) is 4.91. The van der Waals surface area contributed by atoms with Gasteiger partial charge in [0.15, 0.2) is 5.78 Å². The van der Waals surface area contributed by atoms with Crippen LogP contribution in [0.2, 0.25) is 0 Å². The second-order valence-corrected chi connectivity index (χ2v) is 5.61. The lowest BCUT2D eigenvalue weighted by Crippen LogP contribution is -2.40. The van der Waals surface area contributed by atoms with E-state index in [2.05, 4.69) is 5.32 Å². The number of nitrogens with zero attached hydrogens (tertiary/aromatic N) is 1. The van der Waals surface area contributed by atoms with Crippen LogP contribution in [0.25, 0.3) is 0 Å². The Bertz CT molecular complexity index is 435. The molecule has 0 atom stereocenters. The van der Waals surface area contributed by atoms with E-state index in [4.69, 9.17) is 4.74 Å². The number of carbonyl (C=O) groups is 3. The Labute approximate surface area is 125 Å². The quantitative estimate of drug-likeness (QED) is 0.352. The summed E-state index contributed by atoms with van der Waals surface area (Å²) in [4.78, 5) is 36.8. The molecule has 0 heterocycles. The van der Waals surface area contributed by atoms with Crippen molar-refractivity contribution in [2.24, 2.45) is 5.92 Å². The molecule has 0 aromatic heterocycles. The molecule has 21 heavy (non-hydrogen) atoms. The van der Waals surface area contributed by atoms with Crippen LogP contribution in [0.1, 0.15) is 32.6 Å². The molecule has 1 fully saturated rings. The third kappa shape index (κ3) is 5.21. The number of Topliss-reactive ketones (excluding diaryl/α,β-unsaturated/α-hetero) is 1. The molecule has 1 amide bonds. The molecule has 1 saturated carbocycles. The zero-order valence-electron chi connectivity index (χ0n) is 13.1. The molecule has 0 saturated heterocycles. The first-order valence-corrected chi connectivity index (χ1v) is 7.13. The van der Waals surface area contributed by atoms with Crippen LogP contribution in [-0.4, -0.2) is 49.8 Å². The van der Waals surface area contributed by atoms with Gasteiger partial charge in [0.2, 0.25) is 0 Å². The molecular weight excluding hydrogens is 272 g/mol. The molecule has 0 unspecified atom stereocenters. The van der Waals surface area contributed by atoms with Crippen LogP contribution in [-0.2, 0) is 19.1 Å². The van der Waals surface area contributed by atoms with Gasteiger partial charge in [-0.05, 0) is 32.6 Å². The van der Waals surface area contributed by atoms with Crippen LogP contribution < -0.4 is 5.32 Å². The predicted molar refractivity (Wildman–Crippen MR) is 78.4 cm³/mol. The first-order valence-electron chi connectivity index (χ1n) is 7.13. The maximum atomic E-state index is 12.1. The van der Waals surface area contributed by atoms with Gasteiger partial charge in [-0.25, -0.2) is 0 Å². The van der Waals surface area contributed by atoms with E-state index < -0.39 is 0 Å². The highest BCUT2D eigenvalue weighted by Gasteiger charge is 2.28. The van der Waals surface area contributed by atoms with E-state index in [1.165, 1.54) is 20.2 Å². The standard InChI is InChI=1S/C15H24N2O4/c1-10(18)13(9-17(2)3)14(19)16-12-7-5-11(6-8-12)15(20)21-4/h9,11-12H,5-8H2,1-4H3,(H,16,19)/b13-9+. The number of ketones is 1. The van der Waals surface area contributed by atoms with Gasteiger partial charge in [-0.1, -0.05) is 0 Å². The molecule has 0 spiro atoms. The highest BCUT2D eigenvalue weighted by molar-refractivity contribution is 6.18. The van der Waals surface area contributed by atoms with Crippen molar-refractivity contribution in [3.63, 3.8) is 0 Å². The van der Waals surface area contributed by atoms with Crippen molar-refractivity contribution in [1.82, 2.24) is 10.2 Å². The van der Waals surface area contributed by atoms with Crippen molar-refractivity contribution in [3.05, 3.63) is 11.8 Å². The largest absolute Gasteiger partial charge is 0.469 e. The topological polar surface area (TPSA) is 75.7 Å². The molecule has 1 aliphatic carbocycles. The first kappa shape index (κ1) is 17.2. The zero-order chi connectivity index (χ0) is 16.0. The molecule has 0 bridgehead atoms. The van der Waals surface area contributed by atoms with Gasteiger partial charge >= 0.3 is 5.97 Å². The van der Waals surface area contributed by atoms with E-state index in [0.717, 1.165) is 12.8 Å². The molecule has 6 nitrogen and oxygen atoms in total. The monoisotopic (exact) mass is 296 g/mol. The van der Waals surface area contributed by atoms with Crippen molar-refractivity contribution >= 4 is 17.7 Å². The van der Waals surface area contributed by atoms with Crippen molar-refractivity contribution in [2.45, 2.75) is 38.6 Å². The van der Waals surface area contributed by atoms with Crippen molar-refractivity contribution in [2.75, 3.05) is 21.2 Å². The Kier molecular flexibility index (Phi) is 6.39. The molecule has 6 heteroatoms. The smallest absolute Gasteiger partial charge is 0.308 e. The number of amides is 1. The Morgan fingerprint density at radius 3 is 2.14 bits per heavy atom. The molecule has 0 aromatic carbocycles. The maximum absolute atomic E-state index is 12.1. The summed E-state index contributed by atoms with van der Waals surface area (Å²) in [6.07, 6.45) is 4.36. The summed E-state index contributed by atoms with van der Waals surface area (Å²) in [5.74, 6) is -0.869. The fraction of sp³-hybridized carbons (Fsp3) is 0.667. The van der Waals surface area contributed by atoms with Crippen molar-refractivity contribution < 1.29 is 19.1 Å². The summed E-state index contributed by atoms with van der Waals surface area (Å²) in [5, 5.41) is 2.88. The second-order valence-electron chi connectivity index (χ2n) is 5.61. The Morgan fingerprint density at radius 2 is 1.71 bits per heavy atom. The van der Waals surface area contributed by atoms with Crippen LogP contribution in [0.4, 0.5) is 0 Å². The third-order valence-corrected chi connectivity index (χ3v) is 3.61. The van der Waals surface area contributed by atoms with Gasteiger partial charge in [0.1, 0.15) is 0 Å². The van der Waals surface area contributed by atoms with Crippen LogP contribution in [0.3, 0.4) is 0 Å². The first-order chi connectivity index (χ1) is 9.85. The number of hydrogen-bond donors (Lipinski definition) is 1. The van der Waals surface area contributed by atoms with Gasteiger partial charge in [-0.2, -0.15) is 0 Å².